The van der Waals surface area contributed by atoms with Gasteiger partial charge in [0, 0.05) is 24.4 Å². The highest BCUT2D eigenvalue weighted by Gasteiger charge is 2.36. The zero-order valence-electron chi connectivity index (χ0n) is 26.3. The summed E-state index contributed by atoms with van der Waals surface area (Å²) in [5, 5.41) is 26.9. The van der Waals surface area contributed by atoms with Gasteiger partial charge in [-0.1, -0.05) is 48.5 Å². The average Bonchev–Trinajstić information content (AvgIpc) is 3.05. The highest BCUT2D eigenvalue weighted by Crippen LogP contribution is 2.40. The molecule has 14 nitrogen and oxygen atoms in total. The zero-order valence-corrected chi connectivity index (χ0v) is 26.3. The van der Waals surface area contributed by atoms with Crippen molar-refractivity contribution in [3.63, 3.8) is 0 Å². The van der Waals surface area contributed by atoms with E-state index in [1.165, 1.54) is 30.0 Å². The van der Waals surface area contributed by atoms with Gasteiger partial charge in [0.2, 0.25) is 5.91 Å². The molecule has 2 N–H and O–H groups in total. The van der Waals surface area contributed by atoms with Gasteiger partial charge >= 0.3 is 12.3 Å². The van der Waals surface area contributed by atoms with Gasteiger partial charge in [0.05, 0.1) is 36.5 Å². The van der Waals surface area contributed by atoms with Gasteiger partial charge < -0.3 is 39.0 Å². The van der Waals surface area contributed by atoms with E-state index in [2.05, 4.69) is 10.1 Å². The van der Waals surface area contributed by atoms with Crippen molar-refractivity contribution in [1.29, 1.82) is 0 Å². The third-order valence-electron chi connectivity index (χ3n) is 7.24. The number of allylic oxidation sites excluding steroid dienone is 2. The number of ether oxygens (including phenoxy) is 5. The molecule has 4 rings (SSSR count). The van der Waals surface area contributed by atoms with E-state index in [1.807, 2.05) is 36.4 Å². The number of carbonyl (C=O) groups excluding carboxylic acids is 3. The van der Waals surface area contributed by atoms with Crippen LogP contribution < -0.4 is 10.1 Å². The number of aliphatic hydroxyl groups is 1. The fourth-order valence-corrected chi connectivity index (χ4v) is 5.03. The number of nitrogens with one attached hydrogen (secondary N) is 1. The molecule has 3 aromatic rings. The monoisotopic (exact) mass is 649 g/mol. The summed E-state index contributed by atoms with van der Waals surface area (Å²) < 4.78 is 26.6. The molecule has 1 amide bonds. The predicted octanol–water partition coefficient (Wildman–Crippen LogP) is 5.12. The molecule has 3 aromatic carbocycles. The first kappa shape index (κ1) is 34.2. The maximum atomic E-state index is 12.9. The smallest absolute Gasteiger partial charge is 0.490 e. The molecular formula is C33H35N3O11. The summed E-state index contributed by atoms with van der Waals surface area (Å²) >= 11 is 0. The van der Waals surface area contributed by atoms with Gasteiger partial charge in [-0.25, -0.2) is 9.59 Å². The third kappa shape index (κ3) is 8.76. The number of nitro groups is 1. The maximum absolute atomic E-state index is 12.9. The summed E-state index contributed by atoms with van der Waals surface area (Å²) in [5.41, 5.74) is 0.798. The van der Waals surface area contributed by atoms with Crippen LogP contribution in [0.3, 0.4) is 0 Å². The lowest BCUT2D eigenvalue weighted by atomic mass is 9.90. The summed E-state index contributed by atoms with van der Waals surface area (Å²) in [6.07, 6.45) is -3.23. The average molecular weight is 650 g/mol. The Morgan fingerprint density at radius 1 is 0.979 bits per heavy atom. The van der Waals surface area contributed by atoms with E-state index in [-0.39, 0.29) is 49.4 Å². The number of non-ortho nitro benzene ring substituents is 1. The molecule has 0 bridgehead atoms. The minimum absolute atomic E-state index is 0.00629. The lowest BCUT2D eigenvalue weighted by molar-refractivity contribution is -0.384. The number of aliphatic hydroxyl groups excluding tert-OH is 1. The normalized spacial score (nSPS) is 15.0. The van der Waals surface area contributed by atoms with E-state index in [4.69, 9.17) is 18.9 Å². The summed E-state index contributed by atoms with van der Waals surface area (Å²) in [5.74, 6) is -0.874. The molecule has 2 unspecified atom stereocenters. The van der Waals surface area contributed by atoms with Crippen molar-refractivity contribution in [2.75, 3.05) is 33.4 Å². The number of nitrogens with zero attached hydrogens (tertiary/aromatic N) is 2. The highest BCUT2D eigenvalue weighted by atomic mass is 16.7. The summed E-state index contributed by atoms with van der Waals surface area (Å²) in [4.78, 5) is 49.4. The molecule has 0 spiro atoms. The van der Waals surface area contributed by atoms with E-state index < -0.39 is 29.3 Å². The van der Waals surface area contributed by atoms with Crippen molar-refractivity contribution in [2.24, 2.45) is 0 Å². The molecule has 0 saturated carbocycles. The van der Waals surface area contributed by atoms with Crippen LogP contribution in [0.5, 0.6) is 5.75 Å². The molecule has 248 valence electrons. The van der Waals surface area contributed by atoms with Crippen LogP contribution in [0.1, 0.15) is 32.3 Å². The van der Waals surface area contributed by atoms with Gasteiger partial charge in [-0.3, -0.25) is 14.9 Å². The Balaban J connectivity index is 1.40. The molecule has 1 heterocycles. The van der Waals surface area contributed by atoms with Gasteiger partial charge in [0.15, 0.2) is 0 Å². The lowest BCUT2D eigenvalue weighted by Gasteiger charge is -2.30. The number of carbonyl (C=O) groups is 3. The summed E-state index contributed by atoms with van der Waals surface area (Å²) in [6.45, 7) is 4.03. The number of hydrogen-bond acceptors (Lipinski definition) is 12. The Hall–Kier alpha value is -5.63. The fraction of sp³-hybridized carbons (Fsp3) is 0.303. The number of rotatable bonds is 12. The minimum Gasteiger partial charge on any atom is -0.490 e. The highest BCUT2D eigenvalue weighted by molar-refractivity contribution is 5.88. The third-order valence-corrected chi connectivity index (χ3v) is 7.24. The van der Waals surface area contributed by atoms with Crippen LogP contribution in [-0.2, 0) is 23.7 Å². The Kier molecular flexibility index (Phi) is 11.4. The van der Waals surface area contributed by atoms with Crippen molar-refractivity contribution < 1.29 is 48.1 Å². The number of hydrogen-bond donors (Lipinski definition) is 2. The molecule has 1 aliphatic heterocycles. The summed E-state index contributed by atoms with van der Waals surface area (Å²) in [7, 11) is 1.12. The molecule has 14 heteroatoms. The van der Waals surface area contributed by atoms with Crippen LogP contribution in [0, 0.1) is 10.1 Å². The van der Waals surface area contributed by atoms with E-state index in [0.717, 1.165) is 17.9 Å². The quantitative estimate of drug-likeness (QED) is 0.151. The Labute approximate surface area is 270 Å². The van der Waals surface area contributed by atoms with Crippen LogP contribution >= 0.6 is 0 Å². The predicted molar refractivity (Wildman–Crippen MR) is 168 cm³/mol. The van der Waals surface area contributed by atoms with Crippen molar-refractivity contribution >= 4 is 34.7 Å². The molecule has 47 heavy (non-hydrogen) atoms. The standard InChI is InChI=1S/C33H35N3O11/c1-20-30(46-32(39)43-4)29(24-11-7-12-25(17-24)36(41)42)31(21(2)34-20)47-33(40)44-16-15-35(22(3)37)18-26(38)19-45-28-14-8-10-23-9-5-6-13-27(23)28/h5-14,17,26,29,34,38H,15-16,18-19H2,1-4H3. The van der Waals surface area contributed by atoms with Crippen LogP contribution in [0.2, 0.25) is 0 Å². The van der Waals surface area contributed by atoms with Gasteiger partial charge in [-0.05, 0) is 30.9 Å². The molecule has 0 radical (unpaired) electrons. The SMILES string of the molecule is COC(=O)OC1=C(C)NC(C)=C(OC(=O)OCCN(CC(O)COc2cccc3ccccc23)C(C)=O)C1c1cccc([N+](=O)[O-])c1. The number of dihydropyridines is 1. The first-order valence-electron chi connectivity index (χ1n) is 14.6. The topological polar surface area (TPSA) is 176 Å². The van der Waals surface area contributed by atoms with Gasteiger partial charge in [-0.15, -0.1) is 0 Å². The van der Waals surface area contributed by atoms with Crippen LogP contribution in [0.4, 0.5) is 15.3 Å². The van der Waals surface area contributed by atoms with Crippen LogP contribution in [0.15, 0.2) is 89.6 Å². The Morgan fingerprint density at radius 2 is 1.64 bits per heavy atom. The molecular weight excluding hydrogens is 614 g/mol. The molecule has 2 atom stereocenters. The zero-order chi connectivity index (χ0) is 34.1. The van der Waals surface area contributed by atoms with E-state index in [1.54, 1.807) is 26.0 Å². The molecule has 0 aliphatic carbocycles. The number of methoxy groups -OCH3 is 1. The number of fused-ring (bicyclic) bond motifs is 1. The second-order valence-corrected chi connectivity index (χ2v) is 10.6. The number of amides is 1. The Bertz CT molecular complexity index is 1710. The van der Waals surface area contributed by atoms with Crippen molar-refractivity contribution in [3.8, 4) is 5.75 Å². The second kappa shape index (κ2) is 15.6. The van der Waals surface area contributed by atoms with Crippen molar-refractivity contribution in [3.05, 3.63) is 105 Å². The molecule has 1 aliphatic rings. The van der Waals surface area contributed by atoms with Crippen LogP contribution in [-0.4, -0.2) is 72.7 Å². The summed E-state index contributed by atoms with van der Waals surface area (Å²) in [6, 6.07) is 18.8. The largest absolute Gasteiger partial charge is 0.513 e. The van der Waals surface area contributed by atoms with Crippen molar-refractivity contribution in [2.45, 2.75) is 32.8 Å². The number of benzene rings is 3. The van der Waals surface area contributed by atoms with Gasteiger partial charge in [0.1, 0.15) is 42.5 Å². The van der Waals surface area contributed by atoms with Gasteiger partial charge in [-0.2, -0.15) is 0 Å². The fourth-order valence-electron chi connectivity index (χ4n) is 5.03. The lowest BCUT2D eigenvalue weighted by Crippen LogP contribution is -2.40. The van der Waals surface area contributed by atoms with E-state index in [9.17, 15) is 29.6 Å². The number of nitro benzene ring substituents is 1. The first-order chi connectivity index (χ1) is 22.5. The van der Waals surface area contributed by atoms with E-state index in [0.29, 0.717) is 22.7 Å². The first-order valence-corrected chi connectivity index (χ1v) is 14.6. The minimum atomic E-state index is -1.14. The molecule has 0 aromatic heterocycles. The van der Waals surface area contributed by atoms with E-state index >= 15 is 0 Å². The molecule has 0 fully saturated rings. The molecule has 0 saturated heterocycles. The second-order valence-electron chi connectivity index (χ2n) is 10.6. The Morgan fingerprint density at radius 3 is 2.32 bits per heavy atom. The maximum Gasteiger partial charge on any atom is 0.513 e. The van der Waals surface area contributed by atoms with Crippen LogP contribution in [0.25, 0.3) is 10.8 Å². The van der Waals surface area contributed by atoms with Crippen molar-refractivity contribution in [1.82, 2.24) is 10.2 Å². The van der Waals surface area contributed by atoms with Gasteiger partial charge in [0.25, 0.3) is 5.69 Å².